The van der Waals surface area contributed by atoms with E-state index in [1.54, 1.807) is 0 Å². The molecule has 0 aromatic heterocycles. The Morgan fingerprint density at radius 3 is 2.19 bits per heavy atom. The summed E-state index contributed by atoms with van der Waals surface area (Å²) >= 11 is 0. The van der Waals surface area contributed by atoms with Gasteiger partial charge in [-0.25, -0.2) is 9.59 Å². The SMILES string of the molecule is CCCC(=C(C(=O)O)C(=O)O)C1(C)C=CC=CC1CCC. The fourth-order valence-electron chi connectivity index (χ4n) is 3.07. The molecule has 4 nitrogen and oxygen atoms in total. The zero-order valence-electron chi connectivity index (χ0n) is 12.9. The molecule has 116 valence electrons. The maximum absolute atomic E-state index is 11.4. The van der Waals surface area contributed by atoms with E-state index in [-0.39, 0.29) is 5.92 Å². The molecule has 0 amide bonds. The Labute approximate surface area is 125 Å². The average molecular weight is 292 g/mol. The summed E-state index contributed by atoms with van der Waals surface area (Å²) in [6.45, 7) is 5.96. The van der Waals surface area contributed by atoms with E-state index >= 15 is 0 Å². The van der Waals surface area contributed by atoms with Crippen molar-refractivity contribution < 1.29 is 19.8 Å². The van der Waals surface area contributed by atoms with Crippen LogP contribution in [0.3, 0.4) is 0 Å². The molecular formula is C17H24O4. The van der Waals surface area contributed by atoms with Crippen molar-refractivity contribution in [3.63, 3.8) is 0 Å². The van der Waals surface area contributed by atoms with Gasteiger partial charge >= 0.3 is 11.9 Å². The standard InChI is InChI=1S/C17H24O4/c1-4-8-12-10-6-7-11-17(12,3)13(9-5-2)14(15(18)19)16(20)21/h6-7,10-12H,4-5,8-9H2,1-3H3,(H,18,19)(H,20,21). The van der Waals surface area contributed by atoms with Gasteiger partial charge < -0.3 is 10.2 Å². The van der Waals surface area contributed by atoms with E-state index in [0.717, 1.165) is 12.8 Å². The van der Waals surface area contributed by atoms with Crippen LogP contribution in [0, 0.1) is 11.3 Å². The fourth-order valence-corrected chi connectivity index (χ4v) is 3.07. The normalized spacial score (nSPS) is 23.9. The Hall–Kier alpha value is -1.84. The van der Waals surface area contributed by atoms with Crippen LogP contribution in [-0.4, -0.2) is 22.2 Å². The van der Waals surface area contributed by atoms with Crippen LogP contribution < -0.4 is 0 Å². The van der Waals surface area contributed by atoms with Gasteiger partial charge in [-0.05, 0) is 24.3 Å². The molecule has 0 aromatic carbocycles. The predicted octanol–water partition coefficient (Wildman–Crippen LogP) is 3.80. The molecule has 0 fully saturated rings. The van der Waals surface area contributed by atoms with E-state index in [2.05, 4.69) is 13.0 Å². The summed E-state index contributed by atoms with van der Waals surface area (Å²) in [5.41, 5.74) is -0.503. The number of carbonyl (C=O) groups is 2. The van der Waals surface area contributed by atoms with Crippen LogP contribution in [0.2, 0.25) is 0 Å². The minimum Gasteiger partial charge on any atom is -0.477 e. The first kappa shape index (κ1) is 17.2. The summed E-state index contributed by atoms with van der Waals surface area (Å²) in [6.07, 6.45) is 10.9. The van der Waals surface area contributed by atoms with Gasteiger partial charge in [0.2, 0.25) is 0 Å². The molecule has 2 atom stereocenters. The van der Waals surface area contributed by atoms with Gasteiger partial charge in [0.15, 0.2) is 0 Å². The number of carboxylic acid groups (broad SMARTS) is 2. The van der Waals surface area contributed by atoms with Crippen LogP contribution in [0.1, 0.15) is 46.5 Å². The van der Waals surface area contributed by atoms with E-state index in [4.69, 9.17) is 0 Å². The summed E-state index contributed by atoms with van der Waals surface area (Å²) in [7, 11) is 0. The van der Waals surface area contributed by atoms with Gasteiger partial charge in [0, 0.05) is 5.41 Å². The highest BCUT2D eigenvalue weighted by Crippen LogP contribution is 2.45. The lowest BCUT2D eigenvalue weighted by molar-refractivity contribution is -0.140. The summed E-state index contributed by atoms with van der Waals surface area (Å²) in [4.78, 5) is 22.9. The molecule has 0 heterocycles. The second-order valence-corrected chi connectivity index (χ2v) is 5.64. The zero-order chi connectivity index (χ0) is 16.0. The smallest absolute Gasteiger partial charge is 0.343 e. The van der Waals surface area contributed by atoms with Gasteiger partial charge in [0.05, 0.1) is 0 Å². The minimum absolute atomic E-state index is 0.128. The Bertz CT molecular complexity index is 483. The topological polar surface area (TPSA) is 74.6 Å². The Morgan fingerprint density at radius 2 is 1.71 bits per heavy atom. The molecule has 0 radical (unpaired) electrons. The van der Waals surface area contributed by atoms with Gasteiger partial charge in [-0.3, -0.25) is 0 Å². The quantitative estimate of drug-likeness (QED) is 0.425. The molecule has 2 N–H and O–H groups in total. The first-order valence-corrected chi connectivity index (χ1v) is 7.44. The minimum atomic E-state index is -1.36. The van der Waals surface area contributed by atoms with Crippen molar-refractivity contribution in [1.82, 2.24) is 0 Å². The van der Waals surface area contributed by atoms with Crippen molar-refractivity contribution in [2.75, 3.05) is 0 Å². The molecule has 21 heavy (non-hydrogen) atoms. The molecular weight excluding hydrogens is 268 g/mol. The van der Waals surface area contributed by atoms with E-state index < -0.39 is 22.9 Å². The van der Waals surface area contributed by atoms with E-state index in [9.17, 15) is 19.8 Å². The van der Waals surface area contributed by atoms with E-state index in [1.165, 1.54) is 0 Å². The summed E-state index contributed by atoms with van der Waals surface area (Å²) in [5, 5.41) is 18.6. The summed E-state index contributed by atoms with van der Waals surface area (Å²) in [6, 6.07) is 0. The molecule has 0 aliphatic heterocycles. The second-order valence-electron chi connectivity index (χ2n) is 5.64. The molecule has 0 aromatic rings. The van der Waals surface area contributed by atoms with Crippen LogP contribution in [0.5, 0.6) is 0 Å². The van der Waals surface area contributed by atoms with Gasteiger partial charge in [0.1, 0.15) is 5.57 Å². The average Bonchev–Trinajstić information content (AvgIpc) is 2.40. The van der Waals surface area contributed by atoms with Crippen molar-refractivity contribution in [2.24, 2.45) is 11.3 Å². The Balaban J connectivity index is 3.46. The molecule has 0 spiro atoms. The van der Waals surface area contributed by atoms with Gasteiger partial charge in [-0.2, -0.15) is 0 Å². The van der Waals surface area contributed by atoms with Crippen LogP contribution >= 0.6 is 0 Å². The van der Waals surface area contributed by atoms with Gasteiger partial charge in [0.25, 0.3) is 0 Å². The maximum atomic E-state index is 11.4. The Kier molecular flexibility index (Phi) is 5.94. The first-order valence-electron chi connectivity index (χ1n) is 7.44. The zero-order valence-corrected chi connectivity index (χ0v) is 12.9. The van der Waals surface area contributed by atoms with Crippen molar-refractivity contribution in [3.8, 4) is 0 Å². The molecule has 0 bridgehead atoms. The predicted molar refractivity (Wildman–Crippen MR) is 82.0 cm³/mol. The third-order valence-electron chi connectivity index (χ3n) is 4.15. The highest BCUT2D eigenvalue weighted by molar-refractivity contribution is 6.13. The lowest BCUT2D eigenvalue weighted by Gasteiger charge is -2.38. The molecule has 1 aliphatic rings. The molecule has 0 saturated heterocycles. The van der Waals surface area contributed by atoms with Crippen LogP contribution in [-0.2, 0) is 9.59 Å². The molecule has 0 saturated carbocycles. The lowest BCUT2D eigenvalue weighted by atomic mass is 9.65. The van der Waals surface area contributed by atoms with Crippen molar-refractivity contribution in [1.29, 1.82) is 0 Å². The summed E-state index contributed by atoms with van der Waals surface area (Å²) in [5.74, 6) is -2.58. The highest BCUT2D eigenvalue weighted by atomic mass is 16.4. The number of aliphatic carboxylic acids is 2. The monoisotopic (exact) mass is 292 g/mol. The number of hydrogen-bond acceptors (Lipinski definition) is 2. The van der Waals surface area contributed by atoms with Crippen molar-refractivity contribution in [3.05, 3.63) is 35.5 Å². The van der Waals surface area contributed by atoms with Crippen molar-refractivity contribution in [2.45, 2.75) is 46.5 Å². The van der Waals surface area contributed by atoms with Gasteiger partial charge in [-0.1, -0.05) is 57.9 Å². The van der Waals surface area contributed by atoms with Crippen LogP contribution in [0.25, 0.3) is 0 Å². The second kappa shape index (κ2) is 7.25. The molecule has 1 rings (SSSR count). The fraction of sp³-hybridized carbons (Fsp3) is 0.529. The highest BCUT2D eigenvalue weighted by Gasteiger charge is 2.38. The lowest BCUT2D eigenvalue weighted by Crippen LogP contribution is -2.31. The van der Waals surface area contributed by atoms with Crippen LogP contribution in [0.15, 0.2) is 35.5 Å². The van der Waals surface area contributed by atoms with Crippen LogP contribution in [0.4, 0.5) is 0 Å². The maximum Gasteiger partial charge on any atom is 0.343 e. The number of hydrogen-bond donors (Lipinski definition) is 2. The molecule has 2 unspecified atom stereocenters. The van der Waals surface area contributed by atoms with Crippen molar-refractivity contribution >= 4 is 11.9 Å². The van der Waals surface area contributed by atoms with Gasteiger partial charge in [-0.15, -0.1) is 0 Å². The number of allylic oxidation sites excluding steroid dienone is 5. The molecule has 4 heteroatoms. The van der Waals surface area contributed by atoms with E-state index in [1.807, 2.05) is 32.1 Å². The third kappa shape index (κ3) is 3.63. The number of rotatable bonds is 7. The van der Waals surface area contributed by atoms with E-state index in [0.29, 0.717) is 18.4 Å². The third-order valence-corrected chi connectivity index (χ3v) is 4.15. The summed E-state index contributed by atoms with van der Waals surface area (Å²) < 4.78 is 0. The number of carboxylic acids is 2. The largest absolute Gasteiger partial charge is 0.477 e. The first-order chi connectivity index (χ1) is 9.88. The molecule has 1 aliphatic carbocycles. The Morgan fingerprint density at radius 1 is 1.10 bits per heavy atom.